The van der Waals surface area contributed by atoms with Gasteiger partial charge in [0.15, 0.2) is 11.6 Å². The average molecular weight is 448 g/mol. The number of carbonyl (C=O) groups is 2. The highest BCUT2D eigenvalue weighted by atomic mass is 19.2. The maximum atomic E-state index is 14.0. The van der Waals surface area contributed by atoms with Crippen LogP contribution >= 0.6 is 0 Å². The van der Waals surface area contributed by atoms with Gasteiger partial charge in [-0.15, -0.1) is 0 Å². The second-order valence-electron chi connectivity index (χ2n) is 8.12. The Hall–Kier alpha value is -4.00. The van der Waals surface area contributed by atoms with Gasteiger partial charge in [-0.05, 0) is 36.8 Å². The first kappa shape index (κ1) is 22.2. The van der Waals surface area contributed by atoms with Gasteiger partial charge in [0.2, 0.25) is 0 Å². The van der Waals surface area contributed by atoms with Crippen LogP contribution in [0.25, 0.3) is 5.76 Å². The largest absolute Gasteiger partial charge is 0.507 e. The van der Waals surface area contributed by atoms with Crippen LogP contribution in [0.5, 0.6) is 0 Å². The molecule has 168 valence electrons. The van der Waals surface area contributed by atoms with Gasteiger partial charge in [0.25, 0.3) is 11.7 Å². The predicted octanol–water partition coefficient (Wildman–Crippen LogP) is 4.97. The fourth-order valence-corrected chi connectivity index (χ4v) is 3.87. The highest BCUT2D eigenvalue weighted by Gasteiger charge is 2.47. The molecule has 1 amide bonds. The van der Waals surface area contributed by atoms with Crippen LogP contribution in [0.3, 0.4) is 0 Å². The molecular formula is C26H22F2N2O3. The number of aliphatic hydroxyl groups is 1. The fraction of sp³-hybridized carbons (Fsp3) is 0.154. The molecule has 1 heterocycles. The summed E-state index contributed by atoms with van der Waals surface area (Å²) in [5.41, 5.74) is 2.66. The number of carbonyl (C=O) groups excluding carboxylic acids is 2. The van der Waals surface area contributed by atoms with E-state index in [1.807, 2.05) is 38.1 Å². The number of ketones is 1. The number of nitrogens with zero attached hydrogens (tertiary/aromatic N) is 2. The van der Waals surface area contributed by atoms with Crippen molar-refractivity contribution in [2.45, 2.75) is 13.0 Å². The second-order valence-corrected chi connectivity index (χ2v) is 8.12. The smallest absolute Gasteiger partial charge is 0.300 e. The number of halogens is 2. The van der Waals surface area contributed by atoms with Gasteiger partial charge in [-0.2, -0.15) is 0 Å². The van der Waals surface area contributed by atoms with Crippen LogP contribution in [0.15, 0.2) is 72.3 Å². The number of aliphatic hydroxyl groups excluding tert-OH is 1. The average Bonchev–Trinajstić information content (AvgIpc) is 3.06. The molecule has 1 aliphatic rings. The maximum absolute atomic E-state index is 14.0. The quantitative estimate of drug-likeness (QED) is 0.348. The van der Waals surface area contributed by atoms with Crippen LogP contribution in [0.4, 0.5) is 20.2 Å². The number of hydrogen-bond donors (Lipinski definition) is 1. The summed E-state index contributed by atoms with van der Waals surface area (Å²) in [6.07, 6.45) is 0. The van der Waals surface area contributed by atoms with Crippen molar-refractivity contribution >= 4 is 28.8 Å². The van der Waals surface area contributed by atoms with E-state index in [-0.39, 0.29) is 17.0 Å². The number of anilines is 2. The summed E-state index contributed by atoms with van der Waals surface area (Å²) in [6, 6.07) is 15.9. The molecule has 0 spiro atoms. The van der Waals surface area contributed by atoms with E-state index < -0.39 is 29.4 Å². The van der Waals surface area contributed by atoms with Gasteiger partial charge in [-0.25, -0.2) is 8.78 Å². The van der Waals surface area contributed by atoms with E-state index >= 15 is 0 Å². The summed E-state index contributed by atoms with van der Waals surface area (Å²) in [5, 5.41) is 11.1. The molecule has 33 heavy (non-hydrogen) atoms. The molecule has 3 aromatic carbocycles. The van der Waals surface area contributed by atoms with Gasteiger partial charge in [0.05, 0.1) is 11.6 Å². The number of rotatable bonds is 4. The highest BCUT2D eigenvalue weighted by Crippen LogP contribution is 2.42. The van der Waals surface area contributed by atoms with Crippen molar-refractivity contribution in [3.8, 4) is 0 Å². The maximum Gasteiger partial charge on any atom is 0.300 e. The zero-order valence-electron chi connectivity index (χ0n) is 18.3. The molecule has 1 aliphatic heterocycles. The summed E-state index contributed by atoms with van der Waals surface area (Å²) in [4.78, 5) is 29.1. The lowest BCUT2D eigenvalue weighted by Crippen LogP contribution is -2.29. The fourth-order valence-electron chi connectivity index (χ4n) is 3.87. The standard InChI is InChI=1S/C26H22F2N2O3/c1-15-4-6-17(7-5-15)24(31)22-23(16-8-10-18(11-9-16)29(2)3)30(26(33)25(22)32)19-12-13-20(27)21(28)14-19/h4-14,23,31H,1-3H3/b24-22+. The lowest BCUT2D eigenvalue weighted by atomic mass is 9.94. The van der Waals surface area contributed by atoms with E-state index in [1.54, 1.807) is 36.4 Å². The van der Waals surface area contributed by atoms with Crippen molar-refractivity contribution < 1.29 is 23.5 Å². The SMILES string of the molecule is Cc1ccc(/C(O)=C2\C(=O)C(=O)N(c3ccc(F)c(F)c3)C2c2ccc(N(C)C)cc2)cc1. The van der Waals surface area contributed by atoms with Crippen LogP contribution in [0.1, 0.15) is 22.7 Å². The molecule has 0 aliphatic carbocycles. The molecule has 0 bridgehead atoms. The van der Waals surface area contributed by atoms with Crippen molar-refractivity contribution in [3.05, 3.63) is 101 Å². The van der Waals surface area contributed by atoms with Crippen LogP contribution in [0, 0.1) is 18.6 Å². The summed E-state index contributed by atoms with van der Waals surface area (Å²) >= 11 is 0. The Morgan fingerprint density at radius 3 is 2.12 bits per heavy atom. The van der Waals surface area contributed by atoms with Crippen molar-refractivity contribution in [2.24, 2.45) is 0 Å². The van der Waals surface area contributed by atoms with E-state index in [4.69, 9.17) is 0 Å². The third kappa shape index (κ3) is 3.98. The first-order valence-corrected chi connectivity index (χ1v) is 10.3. The van der Waals surface area contributed by atoms with Gasteiger partial charge >= 0.3 is 0 Å². The molecule has 4 rings (SSSR count). The molecule has 1 atom stereocenters. The van der Waals surface area contributed by atoms with E-state index in [9.17, 15) is 23.5 Å². The molecule has 0 radical (unpaired) electrons. The zero-order valence-corrected chi connectivity index (χ0v) is 18.3. The van der Waals surface area contributed by atoms with Crippen molar-refractivity contribution in [3.63, 3.8) is 0 Å². The van der Waals surface area contributed by atoms with Crippen LogP contribution in [-0.4, -0.2) is 30.9 Å². The Morgan fingerprint density at radius 1 is 0.909 bits per heavy atom. The van der Waals surface area contributed by atoms with E-state index in [1.165, 1.54) is 6.07 Å². The number of hydrogen-bond acceptors (Lipinski definition) is 4. The Labute approximate surface area is 190 Å². The molecular weight excluding hydrogens is 426 g/mol. The minimum atomic E-state index is -1.14. The first-order valence-electron chi connectivity index (χ1n) is 10.3. The highest BCUT2D eigenvalue weighted by molar-refractivity contribution is 6.51. The second kappa shape index (κ2) is 8.50. The number of aryl methyl sites for hydroxylation is 1. The summed E-state index contributed by atoms with van der Waals surface area (Å²) in [5.74, 6) is -4.38. The summed E-state index contributed by atoms with van der Waals surface area (Å²) in [6.45, 7) is 1.89. The lowest BCUT2D eigenvalue weighted by molar-refractivity contribution is -0.132. The lowest BCUT2D eigenvalue weighted by Gasteiger charge is -2.26. The Bertz CT molecular complexity index is 1270. The van der Waals surface area contributed by atoms with Gasteiger partial charge in [-0.3, -0.25) is 14.5 Å². The molecule has 1 unspecified atom stereocenters. The van der Waals surface area contributed by atoms with Crippen LogP contribution in [-0.2, 0) is 9.59 Å². The first-order chi connectivity index (χ1) is 15.7. The Kier molecular flexibility index (Phi) is 5.72. The zero-order chi connectivity index (χ0) is 23.9. The third-order valence-electron chi connectivity index (χ3n) is 5.68. The summed E-state index contributed by atoms with van der Waals surface area (Å²) < 4.78 is 27.6. The topological polar surface area (TPSA) is 60.9 Å². The number of benzene rings is 3. The van der Waals surface area contributed by atoms with Crippen molar-refractivity contribution in [1.82, 2.24) is 0 Å². The molecule has 5 nitrogen and oxygen atoms in total. The molecule has 0 saturated carbocycles. The number of amides is 1. The molecule has 1 N–H and O–H groups in total. The Morgan fingerprint density at radius 2 is 1.55 bits per heavy atom. The van der Waals surface area contributed by atoms with Crippen molar-refractivity contribution in [1.29, 1.82) is 0 Å². The van der Waals surface area contributed by atoms with Gasteiger partial charge in [0, 0.05) is 37.1 Å². The van der Waals surface area contributed by atoms with Gasteiger partial charge < -0.3 is 10.0 Å². The minimum Gasteiger partial charge on any atom is -0.507 e. The number of Topliss-reactive ketones (excluding diaryl/α,β-unsaturated/α-hetero) is 1. The Balaban J connectivity index is 1.93. The molecule has 3 aromatic rings. The van der Waals surface area contributed by atoms with E-state index in [0.717, 1.165) is 28.3 Å². The third-order valence-corrected chi connectivity index (χ3v) is 5.68. The molecule has 7 heteroatoms. The molecule has 0 aromatic heterocycles. The van der Waals surface area contributed by atoms with E-state index in [0.29, 0.717) is 11.1 Å². The monoisotopic (exact) mass is 448 g/mol. The van der Waals surface area contributed by atoms with Gasteiger partial charge in [0.1, 0.15) is 5.76 Å². The molecule has 1 fully saturated rings. The summed E-state index contributed by atoms with van der Waals surface area (Å²) in [7, 11) is 3.75. The normalized spacial score (nSPS) is 17.5. The van der Waals surface area contributed by atoms with Crippen LogP contribution < -0.4 is 9.80 Å². The predicted molar refractivity (Wildman–Crippen MR) is 123 cm³/mol. The van der Waals surface area contributed by atoms with Crippen molar-refractivity contribution in [2.75, 3.05) is 23.9 Å². The van der Waals surface area contributed by atoms with Crippen LogP contribution in [0.2, 0.25) is 0 Å². The molecule has 1 saturated heterocycles. The van der Waals surface area contributed by atoms with Gasteiger partial charge in [-0.1, -0.05) is 42.0 Å². The minimum absolute atomic E-state index is 0.0145. The van der Waals surface area contributed by atoms with E-state index in [2.05, 4.69) is 0 Å².